The molecule has 9 rings (SSSR count). The Morgan fingerprint density at radius 2 is 1.11 bits per heavy atom. The van der Waals surface area contributed by atoms with Crippen LogP contribution in [0.1, 0.15) is 119 Å². The molecule has 7 N–H and O–H groups in total. The van der Waals surface area contributed by atoms with E-state index in [-0.39, 0.29) is 67.5 Å². The van der Waals surface area contributed by atoms with E-state index in [9.17, 15) is 40.5 Å². The average molecular weight is 911 g/mol. The maximum Gasteiger partial charge on any atom is 0.331 e. The Labute approximate surface area is 376 Å². The van der Waals surface area contributed by atoms with Gasteiger partial charge in [-0.1, -0.05) is 13.8 Å². The van der Waals surface area contributed by atoms with Gasteiger partial charge < -0.3 is 78.4 Å². The van der Waals surface area contributed by atoms with Crippen LogP contribution in [0.15, 0.2) is 11.6 Å². The Morgan fingerprint density at radius 1 is 0.594 bits per heavy atom. The van der Waals surface area contributed by atoms with Crippen LogP contribution in [0.3, 0.4) is 0 Å². The number of carbonyl (C=O) groups excluding carboxylic acids is 1. The van der Waals surface area contributed by atoms with Gasteiger partial charge in [0.05, 0.1) is 66.6 Å². The van der Waals surface area contributed by atoms with E-state index < -0.39 is 116 Å². The number of cyclic esters (lactones) is 1. The van der Waals surface area contributed by atoms with Gasteiger partial charge in [-0.3, -0.25) is 0 Å². The first-order chi connectivity index (χ1) is 30.3. The van der Waals surface area contributed by atoms with E-state index >= 15 is 0 Å². The number of carbonyl (C=O) groups is 1. The zero-order valence-corrected chi connectivity index (χ0v) is 38.2. The van der Waals surface area contributed by atoms with Crippen molar-refractivity contribution in [1.29, 1.82) is 0 Å². The molecule has 9 aliphatic rings. The van der Waals surface area contributed by atoms with E-state index in [4.69, 9.17) is 42.6 Å². The SMILES string of the molecule is CC1OC(OC2C(O)CC(OC3C(O)CC(OC4C(O)CC(O[C@H]5CC[C@@]6(C)[C@H](CC[C@@H]7[C@@H]6C[C@@H](O)[C@]6(C)[C@@H](C8=CC(=O)OC8)CC[C@]76O)C5)OC4C)OC3C)OC2C)CC(O)C1O. The van der Waals surface area contributed by atoms with Gasteiger partial charge in [0.25, 0.3) is 0 Å². The Kier molecular flexibility index (Phi) is 13.5. The predicted molar refractivity (Wildman–Crippen MR) is 222 cm³/mol. The van der Waals surface area contributed by atoms with Crippen molar-refractivity contribution < 1.29 is 83.2 Å². The molecule has 0 aromatic rings. The first kappa shape index (κ1) is 47.7. The molecule has 17 heteroatoms. The monoisotopic (exact) mass is 910 g/mol. The summed E-state index contributed by atoms with van der Waals surface area (Å²) < 4.78 is 54.5. The molecule has 4 aliphatic carbocycles. The van der Waals surface area contributed by atoms with Crippen LogP contribution in [-0.4, -0.2) is 165 Å². The summed E-state index contributed by atoms with van der Waals surface area (Å²) in [6.45, 7) is 11.6. The molecule has 0 aromatic carbocycles. The molecule has 5 heterocycles. The quantitative estimate of drug-likeness (QED) is 0.129. The van der Waals surface area contributed by atoms with E-state index in [0.29, 0.717) is 18.8 Å². The van der Waals surface area contributed by atoms with Gasteiger partial charge >= 0.3 is 5.97 Å². The molecule has 4 saturated carbocycles. The molecule has 364 valence electrons. The van der Waals surface area contributed by atoms with Gasteiger partial charge in [0, 0.05) is 37.2 Å². The van der Waals surface area contributed by atoms with Crippen molar-refractivity contribution in [3.05, 3.63) is 11.6 Å². The Hall–Kier alpha value is -1.39. The van der Waals surface area contributed by atoms with E-state index in [2.05, 4.69) is 6.92 Å². The van der Waals surface area contributed by atoms with E-state index in [1.54, 1.807) is 26.8 Å². The lowest BCUT2D eigenvalue weighted by molar-refractivity contribution is -0.344. The summed E-state index contributed by atoms with van der Waals surface area (Å²) in [5.41, 5.74) is -0.941. The summed E-state index contributed by atoms with van der Waals surface area (Å²) in [5.74, 6) is 0.144. The lowest BCUT2D eigenvalue weighted by Crippen LogP contribution is -2.67. The largest absolute Gasteiger partial charge is 0.458 e. The maximum atomic E-state index is 12.6. The molecule has 16 unspecified atom stereocenters. The summed E-state index contributed by atoms with van der Waals surface area (Å²) in [6.07, 6.45) is -5.28. The molecule has 64 heavy (non-hydrogen) atoms. The van der Waals surface area contributed by atoms with Crippen molar-refractivity contribution in [2.75, 3.05) is 6.61 Å². The molecule has 4 saturated heterocycles. The molecular formula is C47H74O17. The van der Waals surface area contributed by atoms with Crippen LogP contribution in [0, 0.1) is 34.5 Å². The number of aliphatic hydroxyl groups excluding tert-OH is 6. The van der Waals surface area contributed by atoms with Gasteiger partial charge in [0.15, 0.2) is 25.2 Å². The Bertz CT molecular complexity index is 1650. The van der Waals surface area contributed by atoms with Crippen LogP contribution >= 0.6 is 0 Å². The second kappa shape index (κ2) is 18.2. The van der Waals surface area contributed by atoms with Gasteiger partial charge in [-0.15, -0.1) is 0 Å². The van der Waals surface area contributed by atoms with Crippen LogP contribution in [0.5, 0.6) is 0 Å². The minimum atomic E-state index is -1.03. The summed E-state index contributed by atoms with van der Waals surface area (Å²) in [4.78, 5) is 12.0. The fourth-order valence-electron chi connectivity index (χ4n) is 14.2. The van der Waals surface area contributed by atoms with Crippen LogP contribution < -0.4 is 0 Å². The minimum Gasteiger partial charge on any atom is -0.458 e. The first-order valence-electron chi connectivity index (χ1n) is 24.2. The summed E-state index contributed by atoms with van der Waals surface area (Å²) >= 11 is 0. The normalized spacial score (nSPS) is 55.5. The van der Waals surface area contributed by atoms with Gasteiger partial charge in [-0.25, -0.2) is 4.79 Å². The Balaban J connectivity index is 0.738. The van der Waals surface area contributed by atoms with Gasteiger partial charge in [0.2, 0.25) is 0 Å². The fourth-order valence-corrected chi connectivity index (χ4v) is 14.2. The molecule has 5 aliphatic heterocycles. The lowest BCUT2D eigenvalue weighted by atomic mass is 9.42. The smallest absolute Gasteiger partial charge is 0.331 e. The molecule has 0 aromatic heterocycles. The van der Waals surface area contributed by atoms with Crippen molar-refractivity contribution >= 4 is 5.97 Å². The van der Waals surface area contributed by atoms with Gasteiger partial charge in [-0.2, -0.15) is 0 Å². The minimum absolute atomic E-state index is 0.0536. The van der Waals surface area contributed by atoms with Crippen LogP contribution in [0.2, 0.25) is 0 Å². The fraction of sp³-hybridized carbons (Fsp3) is 0.936. The molecule has 0 radical (unpaired) electrons. The predicted octanol–water partition coefficient (Wildman–Crippen LogP) is 2.10. The van der Waals surface area contributed by atoms with Crippen molar-refractivity contribution in [3.8, 4) is 0 Å². The average Bonchev–Trinajstić information content (AvgIpc) is 3.78. The van der Waals surface area contributed by atoms with Gasteiger partial charge in [-0.05, 0) is 114 Å². The standard InChI is InChI=1S/C47H74O17/c1-21-41(54)31(48)16-38(57-21)62-43-23(3)59-40(18-33(43)50)64-44-24(4)60-39(19-34(44)51)63-42-22(2)58-37(17-32(42)49)61-27-9-11-45(5)26(14-27)7-8-29-30(45)15-35(52)46(6)28(10-12-47(29,46)55)25-13-36(53)56-20-25/h13,21-24,26-35,37-44,48-52,54-55H,7-12,14-20H2,1-6H3/t21?,22?,23?,24?,26-,27+,28-,29-,30+,31?,32?,33?,34?,35-,37?,38?,39?,40?,41?,42?,43?,44?,45+,46+,47+/m1/s1. The number of aliphatic hydroxyl groups is 7. The molecular weight excluding hydrogens is 837 g/mol. The van der Waals surface area contributed by atoms with E-state index in [0.717, 1.165) is 44.1 Å². The summed E-state index contributed by atoms with van der Waals surface area (Å²) in [7, 11) is 0. The lowest BCUT2D eigenvalue weighted by Gasteiger charge is -2.65. The highest BCUT2D eigenvalue weighted by atomic mass is 16.8. The molecule has 8 fully saturated rings. The molecule has 17 nitrogen and oxygen atoms in total. The zero-order chi connectivity index (χ0) is 45.6. The molecule has 0 bridgehead atoms. The highest BCUT2D eigenvalue weighted by molar-refractivity contribution is 5.85. The molecule has 25 atom stereocenters. The van der Waals surface area contributed by atoms with E-state index in [1.165, 1.54) is 0 Å². The van der Waals surface area contributed by atoms with E-state index in [1.807, 2.05) is 13.8 Å². The number of fused-ring (bicyclic) bond motifs is 5. The highest BCUT2D eigenvalue weighted by Crippen LogP contribution is 2.70. The third kappa shape index (κ3) is 8.45. The van der Waals surface area contributed by atoms with Crippen molar-refractivity contribution in [1.82, 2.24) is 0 Å². The Morgan fingerprint density at radius 3 is 1.61 bits per heavy atom. The zero-order valence-electron chi connectivity index (χ0n) is 38.2. The topological polar surface area (TPSA) is 242 Å². The maximum absolute atomic E-state index is 12.6. The van der Waals surface area contributed by atoms with Crippen molar-refractivity contribution in [3.63, 3.8) is 0 Å². The third-order valence-electron chi connectivity index (χ3n) is 17.9. The van der Waals surface area contributed by atoms with Gasteiger partial charge in [0.1, 0.15) is 31.0 Å². The molecule has 0 amide bonds. The van der Waals surface area contributed by atoms with Crippen LogP contribution in [0.4, 0.5) is 0 Å². The third-order valence-corrected chi connectivity index (χ3v) is 17.9. The van der Waals surface area contributed by atoms with Crippen LogP contribution in [0.25, 0.3) is 0 Å². The second-order valence-corrected chi connectivity index (χ2v) is 21.5. The number of ether oxygens (including phenoxy) is 9. The molecule has 0 spiro atoms. The number of rotatable bonds is 9. The number of hydrogen-bond acceptors (Lipinski definition) is 17. The highest BCUT2D eigenvalue weighted by Gasteiger charge is 2.71. The number of hydrogen-bond donors (Lipinski definition) is 7. The second-order valence-electron chi connectivity index (χ2n) is 21.5. The van der Waals surface area contributed by atoms with Crippen molar-refractivity contribution in [2.45, 2.75) is 235 Å². The summed E-state index contributed by atoms with van der Waals surface area (Å²) in [5, 5.41) is 78.4. The van der Waals surface area contributed by atoms with Crippen molar-refractivity contribution in [2.24, 2.45) is 34.5 Å². The summed E-state index contributed by atoms with van der Waals surface area (Å²) in [6, 6.07) is 0. The number of esters is 1. The van der Waals surface area contributed by atoms with Crippen LogP contribution in [-0.2, 0) is 47.4 Å². The first-order valence-corrected chi connectivity index (χ1v) is 24.2.